The molecule has 10 heteroatoms. The van der Waals surface area contributed by atoms with E-state index in [0.29, 0.717) is 11.4 Å². The zero-order valence-electron chi connectivity index (χ0n) is 13.4. The molecule has 1 heterocycles. The molecule has 8 nitrogen and oxygen atoms in total. The number of rotatable bonds is 7. The summed E-state index contributed by atoms with van der Waals surface area (Å²) >= 11 is 0. The van der Waals surface area contributed by atoms with E-state index < -0.39 is 24.5 Å². The number of nitrogens with one attached hydrogen (secondary N) is 1. The number of hydrogen-bond donors (Lipinski definition) is 2. The van der Waals surface area contributed by atoms with Gasteiger partial charge in [-0.25, -0.2) is 9.48 Å². The van der Waals surface area contributed by atoms with E-state index in [4.69, 9.17) is 5.11 Å². The Morgan fingerprint density at radius 2 is 1.96 bits per heavy atom. The average Bonchev–Trinajstić information content (AvgIpc) is 2.94. The van der Waals surface area contributed by atoms with Crippen LogP contribution in [0.1, 0.15) is 29.5 Å². The van der Waals surface area contributed by atoms with E-state index in [0.717, 1.165) is 0 Å². The standard InChI is InChI=1S/C15H16F2N4O4/c1-3-11(14(23)24)18-13(22)12-8(2)21(20-19-12)9-4-6-10(7-5-9)25-15(16)17/h4-7,11,15H,3H2,1-2H3,(H,18,22)(H,23,24). The van der Waals surface area contributed by atoms with Crippen LogP contribution in [-0.4, -0.2) is 44.6 Å². The van der Waals surface area contributed by atoms with Crippen LogP contribution in [0.5, 0.6) is 5.75 Å². The second-order valence-corrected chi connectivity index (χ2v) is 5.08. The summed E-state index contributed by atoms with van der Waals surface area (Å²) in [6, 6.07) is 4.60. The number of ether oxygens (including phenoxy) is 1. The molecular formula is C15H16F2N4O4. The van der Waals surface area contributed by atoms with E-state index in [2.05, 4.69) is 20.4 Å². The molecule has 1 aromatic carbocycles. The van der Waals surface area contributed by atoms with Gasteiger partial charge >= 0.3 is 12.6 Å². The van der Waals surface area contributed by atoms with Crippen LogP contribution in [0.3, 0.4) is 0 Å². The Morgan fingerprint density at radius 3 is 2.48 bits per heavy atom. The Bertz CT molecular complexity index is 761. The number of amides is 1. The minimum Gasteiger partial charge on any atom is -0.480 e. The molecule has 2 aromatic rings. The maximum absolute atomic E-state index is 12.2. The molecule has 0 saturated heterocycles. The smallest absolute Gasteiger partial charge is 0.387 e. The largest absolute Gasteiger partial charge is 0.480 e. The van der Waals surface area contributed by atoms with E-state index in [1.807, 2.05) is 0 Å². The maximum atomic E-state index is 12.2. The third kappa shape index (κ3) is 4.28. The lowest BCUT2D eigenvalue weighted by Gasteiger charge is -2.11. The van der Waals surface area contributed by atoms with E-state index in [-0.39, 0.29) is 17.9 Å². The van der Waals surface area contributed by atoms with Gasteiger partial charge in [-0.3, -0.25) is 4.79 Å². The zero-order valence-corrected chi connectivity index (χ0v) is 13.4. The van der Waals surface area contributed by atoms with Crippen LogP contribution >= 0.6 is 0 Å². The third-order valence-electron chi connectivity index (χ3n) is 3.43. The van der Waals surface area contributed by atoms with Crippen LogP contribution in [0.4, 0.5) is 8.78 Å². The molecule has 2 N–H and O–H groups in total. The van der Waals surface area contributed by atoms with Gasteiger partial charge in [0.05, 0.1) is 11.4 Å². The Kier molecular flexibility index (Phi) is 5.63. The van der Waals surface area contributed by atoms with Crippen LogP contribution in [-0.2, 0) is 4.79 Å². The highest BCUT2D eigenvalue weighted by Crippen LogP contribution is 2.18. The van der Waals surface area contributed by atoms with Crippen molar-refractivity contribution < 1.29 is 28.2 Å². The lowest BCUT2D eigenvalue weighted by Crippen LogP contribution is -2.40. The van der Waals surface area contributed by atoms with E-state index in [9.17, 15) is 18.4 Å². The van der Waals surface area contributed by atoms with Crippen LogP contribution in [0.2, 0.25) is 0 Å². The zero-order chi connectivity index (χ0) is 18.6. The lowest BCUT2D eigenvalue weighted by atomic mass is 10.2. The van der Waals surface area contributed by atoms with Crippen LogP contribution in [0.25, 0.3) is 5.69 Å². The number of aromatic nitrogens is 3. The average molecular weight is 354 g/mol. The molecule has 0 spiro atoms. The summed E-state index contributed by atoms with van der Waals surface area (Å²) in [6.07, 6.45) is 0.222. The summed E-state index contributed by atoms with van der Waals surface area (Å²) in [4.78, 5) is 23.2. The van der Waals surface area contributed by atoms with Gasteiger partial charge in [-0.15, -0.1) is 5.10 Å². The Balaban J connectivity index is 2.20. The topological polar surface area (TPSA) is 106 Å². The molecule has 0 aliphatic carbocycles. The Morgan fingerprint density at radius 1 is 1.32 bits per heavy atom. The van der Waals surface area contributed by atoms with E-state index >= 15 is 0 Å². The summed E-state index contributed by atoms with van der Waals surface area (Å²) in [7, 11) is 0. The van der Waals surface area contributed by atoms with Crippen molar-refractivity contribution in [3.05, 3.63) is 35.7 Å². The van der Waals surface area contributed by atoms with Gasteiger partial charge in [0, 0.05) is 0 Å². The first-order chi connectivity index (χ1) is 11.8. The van der Waals surface area contributed by atoms with Gasteiger partial charge in [0.25, 0.3) is 5.91 Å². The Hall–Kier alpha value is -3.04. The summed E-state index contributed by atoms with van der Waals surface area (Å²) < 4.78 is 29.9. The quantitative estimate of drug-likeness (QED) is 0.785. The molecule has 0 aliphatic rings. The van der Waals surface area contributed by atoms with Crippen molar-refractivity contribution in [3.63, 3.8) is 0 Å². The third-order valence-corrected chi connectivity index (χ3v) is 3.43. The fourth-order valence-electron chi connectivity index (χ4n) is 2.12. The number of benzene rings is 1. The maximum Gasteiger partial charge on any atom is 0.387 e. The number of nitrogens with zero attached hydrogens (tertiary/aromatic N) is 3. The molecule has 134 valence electrons. The van der Waals surface area contributed by atoms with Crippen molar-refractivity contribution in [1.29, 1.82) is 0 Å². The number of halogens is 2. The second kappa shape index (κ2) is 7.69. The number of carboxylic acid groups (broad SMARTS) is 1. The fourth-order valence-corrected chi connectivity index (χ4v) is 2.12. The molecular weight excluding hydrogens is 338 g/mol. The molecule has 2 rings (SSSR count). The Labute approximate surface area is 141 Å². The molecule has 0 bridgehead atoms. The minimum absolute atomic E-state index is 0.0123. The summed E-state index contributed by atoms with van der Waals surface area (Å²) in [5, 5.41) is 19.0. The molecule has 1 unspecified atom stereocenters. The number of alkyl halides is 2. The SMILES string of the molecule is CCC(NC(=O)c1nnn(-c2ccc(OC(F)F)cc2)c1C)C(=O)O. The van der Waals surface area contributed by atoms with Gasteiger partial charge in [-0.05, 0) is 37.6 Å². The first kappa shape index (κ1) is 18.3. The van der Waals surface area contributed by atoms with Gasteiger partial charge < -0.3 is 15.2 Å². The molecule has 25 heavy (non-hydrogen) atoms. The number of aliphatic carboxylic acids is 1. The van der Waals surface area contributed by atoms with E-state index in [1.54, 1.807) is 13.8 Å². The number of carboxylic acids is 1. The van der Waals surface area contributed by atoms with Crippen LogP contribution < -0.4 is 10.1 Å². The number of carbonyl (C=O) groups is 2. The fraction of sp³-hybridized carbons (Fsp3) is 0.333. The van der Waals surface area contributed by atoms with Gasteiger partial charge in [-0.1, -0.05) is 12.1 Å². The summed E-state index contributed by atoms with van der Waals surface area (Å²) in [6.45, 7) is 0.293. The highest BCUT2D eigenvalue weighted by Gasteiger charge is 2.23. The first-order valence-corrected chi connectivity index (χ1v) is 7.34. The van der Waals surface area contributed by atoms with Crippen molar-refractivity contribution in [1.82, 2.24) is 20.3 Å². The van der Waals surface area contributed by atoms with Crippen molar-refractivity contribution in [2.24, 2.45) is 0 Å². The number of carbonyl (C=O) groups excluding carboxylic acids is 1. The second-order valence-electron chi connectivity index (χ2n) is 5.08. The molecule has 0 fully saturated rings. The highest BCUT2D eigenvalue weighted by atomic mass is 19.3. The molecule has 0 aliphatic heterocycles. The normalized spacial score (nSPS) is 12.0. The predicted octanol–water partition coefficient (Wildman–Crippen LogP) is 1.77. The molecule has 1 amide bonds. The predicted molar refractivity (Wildman–Crippen MR) is 81.9 cm³/mol. The van der Waals surface area contributed by atoms with Gasteiger partial charge in [0.2, 0.25) is 0 Å². The van der Waals surface area contributed by atoms with Crippen molar-refractivity contribution >= 4 is 11.9 Å². The minimum atomic E-state index is -2.92. The van der Waals surface area contributed by atoms with Crippen molar-refractivity contribution in [3.8, 4) is 11.4 Å². The van der Waals surface area contributed by atoms with E-state index in [1.165, 1.54) is 28.9 Å². The summed E-state index contributed by atoms with van der Waals surface area (Å²) in [5.74, 6) is -1.81. The molecule has 0 radical (unpaired) electrons. The highest BCUT2D eigenvalue weighted by molar-refractivity contribution is 5.95. The molecule has 1 aromatic heterocycles. The van der Waals surface area contributed by atoms with Crippen molar-refractivity contribution in [2.75, 3.05) is 0 Å². The van der Waals surface area contributed by atoms with Gasteiger partial charge in [-0.2, -0.15) is 8.78 Å². The van der Waals surface area contributed by atoms with Crippen LogP contribution in [0, 0.1) is 6.92 Å². The molecule has 0 saturated carbocycles. The number of hydrogen-bond acceptors (Lipinski definition) is 5. The monoisotopic (exact) mass is 354 g/mol. The summed E-state index contributed by atoms with van der Waals surface area (Å²) in [5.41, 5.74) is 0.837. The van der Waals surface area contributed by atoms with Crippen molar-refractivity contribution in [2.45, 2.75) is 32.9 Å². The van der Waals surface area contributed by atoms with Crippen LogP contribution in [0.15, 0.2) is 24.3 Å². The van der Waals surface area contributed by atoms with Gasteiger partial charge in [0.1, 0.15) is 11.8 Å². The lowest BCUT2D eigenvalue weighted by molar-refractivity contribution is -0.139. The first-order valence-electron chi connectivity index (χ1n) is 7.34. The van der Waals surface area contributed by atoms with Gasteiger partial charge in [0.15, 0.2) is 5.69 Å². The molecule has 1 atom stereocenters.